The number of nitrogens with one attached hydrogen (secondary N) is 2. The van der Waals surface area contributed by atoms with Gasteiger partial charge in [-0.25, -0.2) is 9.78 Å². The first kappa shape index (κ1) is 23.1. The highest BCUT2D eigenvalue weighted by Crippen LogP contribution is 2.31. The highest BCUT2D eigenvalue weighted by molar-refractivity contribution is 5.91. The number of nitrogens with two attached hydrogens (primary N) is 1. The van der Waals surface area contributed by atoms with Gasteiger partial charge < -0.3 is 21.5 Å². The number of benzene rings is 1. The average molecular weight is 440 g/mol. The number of amides is 3. The van der Waals surface area contributed by atoms with E-state index in [1.54, 1.807) is 13.0 Å². The number of pyridine rings is 1. The van der Waals surface area contributed by atoms with E-state index in [9.17, 15) is 19.5 Å². The van der Waals surface area contributed by atoms with Crippen LogP contribution in [0.15, 0.2) is 42.5 Å². The van der Waals surface area contributed by atoms with Crippen molar-refractivity contribution in [3.63, 3.8) is 0 Å². The Hall–Kier alpha value is -3.62. The lowest BCUT2D eigenvalue weighted by molar-refractivity contribution is -0.130. The van der Waals surface area contributed by atoms with Gasteiger partial charge in [-0.15, -0.1) is 0 Å². The highest BCUT2D eigenvalue weighted by atomic mass is 16.4. The highest BCUT2D eigenvalue weighted by Gasteiger charge is 2.40. The van der Waals surface area contributed by atoms with Crippen LogP contribution >= 0.6 is 0 Å². The third-order valence-corrected chi connectivity index (χ3v) is 5.75. The van der Waals surface area contributed by atoms with Crippen LogP contribution in [0.25, 0.3) is 0 Å². The summed E-state index contributed by atoms with van der Waals surface area (Å²) in [5, 5.41) is 15.0. The third kappa shape index (κ3) is 5.35. The minimum atomic E-state index is -1.15. The van der Waals surface area contributed by atoms with E-state index in [0.29, 0.717) is 18.7 Å². The zero-order valence-corrected chi connectivity index (χ0v) is 18.2. The molecule has 1 fully saturated rings. The molecular weight excluding hydrogens is 410 g/mol. The van der Waals surface area contributed by atoms with E-state index in [0.717, 1.165) is 21.7 Å². The number of carbonyl (C=O) groups is 3. The van der Waals surface area contributed by atoms with Gasteiger partial charge >= 0.3 is 6.09 Å². The lowest BCUT2D eigenvalue weighted by Gasteiger charge is -2.22. The van der Waals surface area contributed by atoms with Gasteiger partial charge in [-0.3, -0.25) is 14.5 Å². The maximum absolute atomic E-state index is 12.8. The summed E-state index contributed by atoms with van der Waals surface area (Å²) in [7, 11) is 0. The summed E-state index contributed by atoms with van der Waals surface area (Å²) in [4.78, 5) is 42.5. The first-order valence-electron chi connectivity index (χ1n) is 10.7. The zero-order chi connectivity index (χ0) is 23.3. The van der Waals surface area contributed by atoms with Crippen LogP contribution in [0.2, 0.25) is 0 Å². The number of nitrogens with zero attached hydrogens (tertiary/aromatic N) is 2. The van der Waals surface area contributed by atoms with E-state index in [-0.39, 0.29) is 24.9 Å². The normalized spacial score (nSPS) is 18.8. The Bertz CT molecular complexity index is 982. The predicted octanol–water partition coefficient (Wildman–Crippen LogP) is 1.88. The monoisotopic (exact) mass is 439 g/mol. The van der Waals surface area contributed by atoms with Crippen molar-refractivity contribution in [2.24, 2.45) is 0 Å². The zero-order valence-electron chi connectivity index (χ0n) is 18.2. The summed E-state index contributed by atoms with van der Waals surface area (Å²) < 4.78 is 0. The Balaban J connectivity index is 1.60. The van der Waals surface area contributed by atoms with Gasteiger partial charge in [-0.05, 0) is 37.0 Å². The van der Waals surface area contributed by atoms with Gasteiger partial charge in [-0.2, -0.15) is 0 Å². The molecule has 170 valence electrons. The van der Waals surface area contributed by atoms with E-state index < -0.39 is 24.1 Å². The molecular formula is C23H29N5O4. The van der Waals surface area contributed by atoms with Gasteiger partial charge in [0.1, 0.15) is 17.9 Å². The molecule has 0 radical (unpaired) electrons. The fourth-order valence-corrected chi connectivity index (χ4v) is 3.99. The second-order valence-corrected chi connectivity index (χ2v) is 7.94. The van der Waals surface area contributed by atoms with Crippen LogP contribution in [0.5, 0.6) is 0 Å². The van der Waals surface area contributed by atoms with Crippen molar-refractivity contribution in [1.29, 1.82) is 0 Å². The number of hydrogen-bond donors (Lipinski definition) is 4. The predicted molar refractivity (Wildman–Crippen MR) is 120 cm³/mol. The maximum atomic E-state index is 12.8. The van der Waals surface area contributed by atoms with E-state index >= 15 is 0 Å². The number of likely N-dealkylation sites (tertiary alicyclic amines) is 1. The first-order chi connectivity index (χ1) is 15.3. The Morgan fingerprint density at radius 1 is 1.22 bits per heavy atom. The van der Waals surface area contributed by atoms with E-state index in [2.05, 4.69) is 15.6 Å². The van der Waals surface area contributed by atoms with Gasteiger partial charge in [-0.1, -0.05) is 43.3 Å². The van der Waals surface area contributed by atoms with Gasteiger partial charge in [0.2, 0.25) is 11.8 Å². The standard InChI is InChI=1S/C23H29N5O4/c1-3-18-16(9-10-20(24)27-18)12-25-21(29)14(2)26-22(30)19-11-17(13-28(19)23(31)32)15-7-5-4-6-8-15/h4-10,14,17,19H,3,11-13H2,1-2H3,(H2,24,27)(H,25,29)(H,26,30)(H,31,32)/t14-,17-,19+/m0/s1. The maximum Gasteiger partial charge on any atom is 0.408 e. The number of carbonyl (C=O) groups excluding carboxylic acids is 2. The molecule has 0 aliphatic carbocycles. The van der Waals surface area contributed by atoms with Gasteiger partial charge in [0.25, 0.3) is 0 Å². The second-order valence-electron chi connectivity index (χ2n) is 7.94. The Labute approximate surface area is 187 Å². The molecule has 0 spiro atoms. The van der Waals surface area contributed by atoms with Crippen molar-refractivity contribution in [2.45, 2.75) is 51.2 Å². The van der Waals surface area contributed by atoms with Crippen molar-refractivity contribution < 1.29 is 19.5 Å². The van der Waals surface area contributed by atoms with Crippen LogP contribution in [-0.4, -0.2) is 51.5 Å². The Kier molecular flexibility index (Phi) is 7.29. The molecule has 3 atom stereocenters. The molecule has 32 heavy (non-hydrogen) atoms. The third-order valence-electron chi connectivity index (χ3n) is 5.75. The number of aromatic nitrogens is 1. The molecule has 3 rings (SSSR count). The summed E-state index contributed by atoms with van der Waals surface area (Å²) in [6.45, 7) is 4.02. The molecule has 5 N–H and O–H groups in total. The number of aryl methyl sites for hydroxylation is 1. The van der Waals surface area contributed by atoms with Gasteiger partial charge in [0.15, 0.2) is 0 Å². The number of rotatable bonds is 7. The number of anilines is 1. The molecule has 3 amide bonds. The van der Waals surface area contributed by atoms with E-state index in [4.69, 9.17) is 5.73 Å². The summed E-state index contributed by atoms with van der Waals surface area (Å²) in [5.41, 5.74) is 8.36. The quantitative estimate of drug-likeness (QED) is 0.520. The number of hydrogen-bond acceptors (Lipinski definition) is 5. The molecule has 9 heteroatoms. The summed E-state index contributed by atoms with van der Waals surface area (Å²) in [5.74, 6) is -0.489. The molecule has 1 aliphatic heterocycles. The van der Waals surface area contributed by atoms with Crippen LogP contribution in [-0.2, 0) is 22.6 Å². The number of nitrogen functional groups attached to an aromatic ring is 1. The van der Waals surface area contributed by atoms with Crippen molar-refractivity contribution in [1.82, 2.24) is 20.5 Å². The van der Waals surface area contributed by atoms with E-state index in [1.807, 2.05) is 43.3 Å². The van der Waals surface area contributed by atoms with E-state index in [1.165, 1.54) is 0 Å². The van der Waals surface area contributed by atoms with Crippen molar-refractivity contribution >= 4 is 23.7 Å². The first-order valence-corrected chi connectivity index (χ1v) is 10.7. The van der Waals surface area contributed by atoms with Crippen molar-refractivity contribution in [3.05, 3.63) is 59.3 Å². The summed E-state index contributed by atoms with van der Waals surface area (Å²) in [6, 6.07) is 11.4. The molecule has 2 heterocycles. The lowest BCUT2D eigenvalue weighted by Crippen LogP contribution is -2.51. The van der Waals surface area contributed by atoms with Crippen LogP contribution in [0, 0.1) is 0 Å². The van der Waals surface area contributed by atoms with Gasteiger partial charge in [0.05, 0.1) is 0 Å². The molecule has 0 unspecified atom stereocenters. The smallest absolute Gasteiger partial charge is 0.408 e. The second kappa shape index (κ2) is 10.1. The molecule has 1 saturated heterocycles. The minimum Gasteiger partial charge on any atom is -0.465 e. The molecule has 0 saturated carbocycles. The average Bonchev–Trinajstić information content (AvgIpc) is 3.24. The van der Waals surface area contributed by atoms with Crippen LogP contribution in [0.3, 0.4) is 0 Å². The van der Waals surface area contributed by atoms with Crippen LogP contribution in [0.1, 0.15) is 43.0 Å². The molecule has 1 aromatic carbocycles. The molecule has 1 aliphatic rings. The molecule has 1 aromatic heterocycles. The fraction of sp³-hybridized carbons (Fsp3) is 0.391. The summed E-state index contributed by atoms with van der Waals surface area (Å²) >= 11 is 0. The number of carboxylic acid groups (broad SMARTS) is 1. The SMILES string of the molecule is CCc1nc(N)ccc1CNC(=O)[C@H](C)NC(=O)[C@H]1C[C@H](c2ccccc2)CN1C(=O)O. The fourth-order valence-electron chi connectivity index (χ4n) is 3.99. The Morgan fingerprint density at radius 3 is 2.59 bits per heavy atom. The Morgan fingerprint density at radius 2 is 1.94 bits per heavy atom. The molecule has 9 nitrogen and oxygen atoms in total. The van der Waals surface area contributed by atoms with Crippen molar-refractivity contribution in [2.75, 3.05) is 12.3 Å². The lowest BCUT2D eigenvalue weighted by atomic mass is 9.96. The van der Waals surface area contributed by atoms with Crippen LogP contribution in [0.4, 0.5) is 10.6 Å². The molecule has 0 bridgehead atoms. The molecule has 2 aromatic rings. The van der Waals surface area contributed by atoms with Crippen molar-refractivity contribution in [3.8, 4) is 0 Å². The topological polar surface area (TPSA) is 138 Å². The van der Waals surface area contributed by atoms with Gasteiger partial charge in [0, 0.05) is 24.7 Å². The minimum absolute atomic E-state index is 0.0716. The largest absolute Gasteiger partial charge is 0.465 e. The summed E-state index contributed by atoms with van der Waals surface area (Å²) in [6.07, 6.45) is -0.103. The van der Waals surface area contributed by atoms with Crippen LogP contribution < -0.4 is 16.4 Å².